The fraction of sp³-hybridized carbons (Fsp3) is 0.122. The van der Waals surface area contributed by atoms with Gasteiger partial charge in [-0.3, -0.25) is 0 Å². The van der Waals surface area contributed by atoms with Crippen LogP contribution in [-0.4, -0.2) is 9.13 Å². The molecule has 6 aromatic carbocycles. The number of hydrogen-bond acceptors (Lipinski definition) is 0. The van der Waals surface area contributed by atoms with Crippen molar-refractivity contribution >= 4 is 43.6 Å². The van der Waals surface area contributed by atoms with Gasteiger partial charge in [0.2, 0.25) is 0 Å². The summed E-state index contributed by atoms with van der Waals surface area (Å²) in [6, 6.07) is 49.5. The van der Waals surface area contributed by atoms with Gasteiger partial charge >= 0.3 is 0 Å². The summed E-state index contributed by atoms with van der Waals surface area (Å²) < 4.78 is 4.90. The number of fused-ring (bicyclic) bond motifs is 6. The maximum absolute atomic E-state index is 2.47. The summed E-state index contributed by atoms with van der Waals surface area (Å²) in [5, 5.41) is 5.27. The predicted octanol–water partition coefficient (Wildman–Crippen LogP) is 11.3. The molecule has 0 aliphatic rings. The van der Waals surface area contributed by atoms with Gasteiger partial charge in [0.15, 0.2) is 0 Å². The fourth-order valence-electron chi connectivity index (χ4n) is 7.03. The Bertz CT molecular complexity index is 2280. The van der Waals surface area contributed by atoms with Gasteiger partial charge in [0, 0.05) is 56.7 Å². The van der Waals surface area contributed by atoms with Crippen LogP contribution in [0.15, 0.2) is 133 Å². The van der Waals surface area contributed by atoms with Gasteiger partial charge in [0.25, 0.3) is 0 Å². The highest BCUT2D eigenvalue weighted by Gasteiger charge is 2.15. The van der Waals surface area contributed by atoms with E-state index < -0.39 is 0 Å². The van der Waals surface area contributed by atoms with Crippen LogP contribution in [0.2, 0.25) is 0 Å². The van der Waals surface area contributed by atoms with Crippen molar-refractivity contribution in [3.63, 3.8) is 0 Å². The molecule has 0 bridgehead atoms. The van der Waals surface area contributed by atoms with Gasteiger partial charge in [-0.05, 0) is 101 Å². The Morgan fingerprint density at radius 2 is 0.837 bits per heavy atom. The molecule has 0 spiro atoms. The molecule has 0 aliphatic carbocycles. The molecular weight excluding hydrogens is 520 g/mol. The molecule has 2 heterocycles. The molecule has 0 N–H and O–H groups in total. The van der Waals surface area contributed by atoms with E-state index in [1.807, 2.05) is 0 Å². The van der Waals surface area contributed by atoms with Crippen LogP contribution < -0.4 is 0 Å². The topological polar surface area (TPSA) is 9.86 Å². The highest BCUT2D eigenvalue weighted by Crippen LogP contribution is 2.38. The van der Waals surface area contributed by atoms with Crippen LogP contribution in [0.1, 0.15) is 20.3 Å². The Morgan fingerprint density at radius 1 is 0.372 bits per heavy atom. The van der Waals surface area contributed by atoms with Crippen molar-refractivity contribution in [1.29, 1.82) is 0 Å². The van der Waals surface area contributed by atoms with Crippen LogP contribution in [0.4, 0.5) is 0 Å². The van der Waals surface area contributed by atoms with Crippen LogP contribution in [0.5, 0.6) is 0 Å². The molecule has 8 rings (SSSR count). The summed E-state index contributed by atoms with van der Waals surface area (Å²) in [6.45, 7) is 6.46. The largest absolute Gasteiger partial charge is 0.341 e. The van der Waals surface area contributed by atoms with Gasteiger partial charge in [-0.25, -0.2) is 0 Å². The third kappa shape index (κ3) is 4.17. The summed E-state index contributed by atoms with van der Waals surface area (Å²) in [7, 11) is 0. The standard InChI is InChI=1S/C41H34N2/c1-3-22-43-39-17-11-9-15-35(39)37-27-30(19-21-41(37)43)33-24-31(28-12-6-5-7-13-28)23-32(25-33)29-18-20-40-36(26-29)34-14-8-10-16-38(34)42(40)4-2/h5-21,23-27H,3-4,22H2,1-2H3. The van der Waals surface area contributed by atoms with Crippen LogP contribution >= 0.6 is 0 Å². The average Bonchev–Trinajstić information content (AvgIpc) is 3.56. The van der Waals surface area contributed by atoms with E-state index in [9.17, 15) is 0 Å². The van der Waals surface area contributed by atoms with E-state index in [-0.39, 0.29) is 0 Å². The summed E-state index contributed by atoms with van der Waals surface area (Å²) >= 11 is 0. The lowest BCUT2D eigenvalue weighted by Gasteiger charge is -2.12. The molecule has 0 fully saturated rings. The Balaban J connectivity index is 1.35. The zero-order valence-electron chi connectivity index (χ0n) is 24.7. The Hall–Kier alpha value is -5.08. The van der Waals surface area contributed by atoms with Crippen molar-refractivity contribution in [3.8, 4) is 33.4 Å². The minimum atomic E-state index is 0.953. The molecule has 2 nitrogen and oxygen atoms in total. The second kappa shape index (κ2) is 10.3. The summed E-state index contributed by atoms with van der Waals surface area (Å²) in [5.74, 6) is 0. The minimum Gasteiger partial charge on any atom is -0.341 e. The summed E-state index contributed by atoms with van der Waals surface area (Å²) in [6.07, 6.45) is 1.11. The third-order valence-corrected chi connectivity index (χ3v) is 9.01. The van der Waals surface area contributed by atoms with Crippen molar-refractivity contribution in [2.75, 3.05) is 0 Å². The van der Waals surface area contributed by atoms with E-state index in [2.05, 4.69) is 156 Å². The lowest BCUT2D eigenvalue weighted by molar-refractivity contribution is 0.724. The van der Waals surface area contributed by atoms with Gasteiger partial charge in [-0.15, -0.1) is 0 Å². The molecule has 0 saturated heterocycles. The molecule has 2 aromatic heterocycles. The van der Waals surface area contributed by atoms with Crippen LogP contribution in [-0.2, 0) is 13.1 Å². The highest BCUT2D eigenvalue weighted by atomic mass is 15.0. The van der Waals surface area contributed by atoms with Gasteiger partial charge < -0.3 is 9.13 Å². The molecule has 208 valence electrons. The molecule has 0 unspecified atom stereocenters. The van der Waals surface area contributed by atoms with Crippen molar-refractivity contribution < 1.29 is 0 Å². The quantitative estimate of drug-likeness (QED) is 0.193. The van der Waals surface area contributed by atoms with E-state index in [4.69, 9.17) is 0 Å². The number of nitrogens with zero attached hydrogens (tertiary/aromatic N) is 2. The molecule has 8 aromatic rings. The Kier molecular flexibility index (Phi) is 6.15. The average molecular weight is 555 g/mol. The molecule has 0 atom stereocenters. The normalized spacial score (nSPS) is 11.8. The summed E-state index contributed by atoms with van der Waals surface area (Å²) in [5.41, 5.74) is 12.6. The van der Waals surface area contributed by atoms with Crippen molar-refractivity contribution in [1.82, 2.24) is 9.13 Å². The maximum Gasteiger partial charge on any atom is 0.0491 e. The number of benzene rings is 6. The van der Waals surface area contributed by atoms with Gasteiger partial charge in [0.05, 0.1) is 0 Å². The number of aryl methyl sites for hydroxylation is 2. The van der Waals surface area contributed by atoms with E-state index in [0.717, 1.165) is 19.5 Å². The van der Waals surface area contributed by atoms with Crippen molar-refractivity contribution in [2.24, 2.45) is 0 Å². The minimum absolute atomic E-state index is 0.953. The van der Waals surface area contributed by atoms with Gasteiger partial charge in [-0.1, -0.05) is 85.8 Å². The van der Waals surface area contributed by atoms with E-state index in [0.29, 0.717) is 0 Å². The highest BCUT2D eigenvalue weighted by molar-refractivity contribution is 6.10. The molecule has 0 saturated carbocycles. The van der Waals surface area contributed by atoms with Crippen LogP contribution in [0, 0.1) is 0 Å². The zero-order chi connectivity index (χ0) is 28.9. The second-order valence-electron chi connectivity index (χ2n) is 11.6. The fourth-order valence-corrected chi connectivity index (χ4v) is 7.03. The smallest absolute Gasteiger partial charge is 0.0491 e. The van der Waals surface area contributed by atoms with E-state index in [1.54, 1.807) is 0 Å². The molecule has 43 heavy (non-hydrogen) atoms. The molecular formula is C41H34N2. The Labute approximate surface area is 252 Å². The number of aromatic nitrogens is 2. The molecule has 0 amide bonds. The van der Waals surface area contributed by atoms with Crippen molar-refractivity contribution in [3.05, 3.63) is 133 Å². The monoisotopic (exact) mass is 554 g/mol. The number of rotatable bonds is 6. The number of para-hydroxylation sites is 2. The first-order valence-electron chi connectivity index (χ1n) is 15.5. The second-order valence-corrected chi connectivity index (χ2v) is 11.6. The van der Waals surface area contributed by atoms with Crippen molar-refractivity contribution in [2.45, 2.75) is 33.4 Å². The molecule has 0 radical (unpaired) electrons. The number of hydrogen-bond donors (Lipinski definition) is 0. The van der Waals surface area contributed by atoms with Crippen LogP contribution in [0.3, 0.4) is 0 Å². The van der Waals surface area contributed by atoms with Gasteiger partial charge in [-0.2, -0.15) is 0 Å². The van der Waals surface area contributed by atoms with Crippen LogP contribution in [0.25, 0.3) is 77.0 Å². The summed E-state index contributed by atoms with van der Waals surface area (Å²) in [4.78, 5) is 0. The van der Waals surface area contributed by atoms with E-state index >= 15 is 0 Å². The van der Waals surface area contributed by atoms with E-state index in [1.165, 1.54) is 77.0 Å². The first kappa shape index (κ1) is 25.6. The lowest BCUT2D eigenvalue weighted by Crippen LogP contribution is -1.95. The Morgan fingerprint density at radius 3 is 1.40 bits per heavy atom. The third-order valence-electron chi connectivity index (χ3n) is 9.01. The van der Waals surface area contributed by atoms with Gasteiger partial charge in [0.1, 0.15) is 0 Å². The zero-order valence-corrected chi connectivity index (χ0v) is 24.7. The SMILES string of the molecule is CCCn1c2ccccc2c2cc(-c3cc(-c4ccccc4)cc(-c4ccc5c(c4)c4ccccc4n5CC)c3)ccc21. The predicted molar refractivity (Wildman–Crippen MR) is 185 cm³/mol. The lowest BCUT2D eigenvalue weighted by atomic mass is 9.92. The first-order chi connectivity index (χ1) is 21.2. The molecule has 2 heteroatoms. The molecule has 0 aliphatic heterocycles. The first-order valence-corrected chi connectivity index (χ1v) is 15.5. The maximum atomic E-state index is 2.47.